The molecule has 8 heteroatoms. The molecule has 0 atom stereocenters. The third-order valence-electron chi connectivity index (χ3n) is 3.97. The molecule has 1 aliphatic heterocycles. The molecule has 0 fully saturated rings. The summed E-state index contributed by atoms with van der Waals surface area (Å²) < 4.78 is 5.41. The topological polar surface area (TPSA) is 58.6 Å². The summed E-state index contributed by atoms with van der Waals surface area (Å²) in [5.74, 6) is -0.0526. The van der Waals surface area contributed by atoms with Crippen molar-refractivity contribution in [2.24, 2.45) is 0 Å². The van der Waals surface area contributed by atoms with E-state index in [2.05, 4.69) is 5.32 Å². The fourth-order valence-corrected chi connectivity index (χ4v) is 3.35. The molecule has 2 aromatic carbocycles. The Morgan fingerprint density at radius 1 is 1.12 bits per heavy atom. The van der Waals surface area contributed by atoms with Gasteiger partial charge in [0.2, 0.25) is 5.91 Å². The first-order valence-electron chi connectivity index (χ1n) is 7.83. The summed E-state index contributed by atoms with van der Waals surface area (Å²) in [6.07, 6.45) is 0.758. The molecule has 2 amide bonds. The van der Waals surface area contributed by atoms with Crippen LogP contribution in [0, 0.1) is 0 Å². The van der Waals surface area contributed by atoms with Gasteiger partial charge in [0.15, 0.2) is 6.61 Å². The highest BCUT2D eigenvalue weighted by Crippen LogP contribution is 2.34. The standard InChI is InChI=1S/C18H15Cl3N2O3/c1-10(24)23-5-4-11-6-12(2-3-16(11)23)22-18(25)9-26-17-8-14(20)13(19)7-15(17)21/h2-3,6-8H,4-5,9H2,1H3,(H,22,25). The number of fused-ring (bicyclic) bond motifs is 1. The SMILES string of the molecule is CC(=O)N1CCc2cc(NC(=O)COc3cc(Cl)c(Cl)cc3Cl)ccc21. The summed E-state index contributed by atoms with van der Waals surface area (Å²) >= 11 is 17.8. The van der Waals surface area contributed by atoms with E-state index in [9.17, 15) is 9.59 Å². The van der Waals surface area contributed by atoms with Crippen LogP contribution < -0.4 is 15.0 Å². The first-order chi connectivity index (χ1) is 12.3. The van der Waals surface area contributed by atoms with Crippen LogP contribution in [0.3, 0.4) is 0 Å². The van der Waals surface area contributed by atoms with Crippen LogP contribution in [0.15, 0.2) is 30.3 Å². The second-order valence-corrected chi connectivity index (χ2v) is 7.02. The van der Waals surface area contributed by atoms with Crippen molar-refractivity contribution in [3.63, 3.8) is 0 Å². The van der Waals surface area contributed by atoms with Gasteiger partial charge in [-0.2, -0.15) is 0 Å². The number of halogens is 3. The molecule has 5 nitrogen and oxygen atoms in total. The van der Waals surface area contributed by atoms with Crippen molar-refractivity contribution >= 4 is 58.0 Å². The Morgan fingerprint density at radius 2 is 1.85 bits per heavy atom. The van der Waals surface area contributed by atoms with Gasteiger partial charge in [0.05, 0.1) is 15.1 Å². The van der Waals surface area contributed by atoms with Gasteiger partial charge in [-0.3, -0.25) is 9.59 Å². The Kier molecular flexibility index (Phi) is 5.61. The Labute approximate surface area is 165 Å². The zero-order valence-corrected chi connectivity index (χ0v) is 16.1. The molecule has 1 N–H and O–H groups in total. The minimum Gasteiger partial charge on any atom is -0.482 e. The highest BCUT2D eigenvalue weighted by atomic mass is 35.5. The fourth-order valence-electron chi connectivity index (χ4n) is 2.76. The van der Waals surface area contributed by atoms with Crippen molar-refractivity contribution < 1.29 is 14.3 Å². The number of hydrogen-bond acceptors (Lipinski definition) is 3. The largest absolute Gasteiger partial charge is 0.482 e. The number of hydrogen-bond donors (Lipinski definition) is 1. The maximum atomic E-state index is 12.1. The minimum absolute atomic E-state index is 0.00689. The number of anilines is 2. The number of amides is 2. The molecule has 0 bridgehead atoms. The average Bonchev–Trinajstić information content (AvgIpc) is 3.00. The molecule has 1 heterocycles. The first kappa shape index (κ1) is 18.8. The van der Waals surface area contributed by atoms with Crippen LogP contribution in [0.25, 0.3) is 0 Å². The summed E-state index contributed by atoms with van der Waals surface area (Å²) in [6, 6.07) is 8.37. The van der Waals surface area contributed by atoms with Gasteiger partial charge in [-0.15, -0.1) is 0 Å². The molecule has 136 valence electrons. The van der Waals surface area contributed by atoms with Crippen LogP contribution >= 0.6 is 34.8 Å². The third-order valence-corrected chi connectivity index (χ3v) is 4.99. The van der Waals surface area contributed by atoms with Gasteiger partial charge in [-0.25, -0.2) is 0 Å². The molecule has 1 aliphatic rings. The Morgan fingerprint density at radius 3 is 2.58 bits per heavy atom. The highest BCUT2D eigenvalue weighted by molar-refractivity contribution is 6.43. The molecule has 0 aromatic heterocycles. The van der Waals surface area contributed by atoms with Crippen molar-refractivity contribution in [1.29, 1.82) is 0 Å². The predicted molar refractivity (Wildman–Crippen MR) is 104 cm³/mol. The fraction of sp³-hybridized carbons (Fsp3) is 0.222. The summed E-state index contributed by atoms with van der Waals surface area (Å²) in [7, 11) is 0. The van der Waals surface area contributed by atoms with Crippen LogP contribution in [-0.4, -0.2) is 25.0 Å². The van der Waals surface area contributed by atoms with E-state index >= 15 is 0 Å². The minimum atomic E-state index is -0.339. The molecular formula is C18H15Cl3N2O3. The number of carbonyl (C=O) groups excluding carboxylic acids is 2. The number of benzene rings is 2. The van der Waals surface area contributed by atoms with Gasteiger partial charge in [-0.05, 0) is 36.2 Å². The highest BCUT2D eigenvalue weighted by Gasteiger charge is 2.22. The Bertz CT molecular complexity index is 886. The molecule has 0 aliphatic carbocycles. The van der Waals surface area contributed by atoms with E-state index in [4.69, 9.17) is 39.5 Å². The van der Waals surface area contributed by atoms with Gasteiger partial charge >= 0.3 is 0 Å². The van der Waals surface area contributed by atoms with E-state index in [0.717, 1.165) is 17.7 Å². The molecule has 3 rings (SSSR count). The second kappa shape index (κ2) is 7.74. The Hall–Kier alpha value is -1.95. The smallest absolute Gasteiger partial charge is 0.262 e. The molecule has 2 aromatic rings. The molecule has 0 saturated carbocycles. The zero-order chi connectivity index (χ0) is 18.8. The molecular weight excluding hydrogens is 399 g/mol. The van der Waals surface area contributed by atoms with E-state index in [1.165, 1.54) is 19.1 Å². The van der Waals surface area contributed by atoms with E-state index in [1.807, 2.05) is 12.1 Å². The van der Waals surface area contributed by atoms with Crippen molar-refractivity contribution in [2.75, 3.05) is 23.4 Å². The van der Waals surface area contributed by atoms with Gasteiger partial charge in [-0.1, -0.05) is 34.8 Å². The average molecular weight is 414 g/mol. The van der Waals surface area contributed by atoms with Gasteiger partial charge < -0.3 is 15.0 Å². The monoisotopic (exact) mass is 412 g/mol. The van der Waals surface area contributed by atoms with Crippen LogP contribution in [-0.2, 0) is 16.0 Å². The van der Waals surface area contributed by atoms with E-state index < -0.39 is 0 Å². The molecule has 0 saturated heterocycles. The first-order valence-corrected chi connectivity index (χ1v) is 8.97. The maximum Gasteiger partial charge on any atom is 0.262 e. The van der Waals surface area contributed by atoms with Crippen molar-refractivity contribution in [3.8, 4) is 5.75 Å². The number of rotatable bonds is 4. The lowest BCUT2D eigenvalue weighted by atomic mass is 10.1. The molecule has 0 spiro atoms. The van der Waals surface area contributed by atoms with Crippen molar-refractivity contribution in [1.82, 2.24) is 0 Å². The molecule has 0 unspecified atom stereocenters. The van der Waals surface area contributed by atoms with Gasteiger partial charge in [0.25, 0.3) is 5.91 Å². The number of ether oxygens (including phenoxy) is 1. The van der Waals surface area contributed by atoms with Gasteiger partial charge in [0.1, 0.15) is 5.75 Å². The number of carbonyl (C=O) groups is 2. The lowest BCUT2D eigenvalue weighted by Crippen LogP contribution is -2.25. The Balaban J connectivity index is 1.63. The van der Waals surface area contributed by atoms with Crippen molar-refractivity contribution in [2.45, 2.75) is 13.3 Å². The second-order valence-electron chi connectivity index (χ2n) is 5.80. The van der Waals surface area contributed by atoms with Crippen LogP contribution in [0.2, 0.25) is 15.1 Å². The lowest BCUT2D eigenvalue weighted by molar-refractivity contribution is -0.118. The number of nitrogens with zero attached hydrogens (tertiary/aromatic N) is 1. The summed E-state index contributed by atoms with van der Waals surface area (Å²) in [5.41, 5.74) is 2.55. The maximum absolute atomic E-state index is 12.1. The van der Waals surface area contributed by atoms with E-state index in [0.29, 0.717) is 22.3 Å². The van der Waals surface area contributed by atoms with Crippen molar-refractivity contribution in [3.05, 3.63) is 51.0 Å². The summed E-state index contributed by atoms with van der Waals surface area (Å²) in [5, 5.41) is 3.64. The predicted octanol–water partition coefficient (Wildman–Crippen LogP) is 4.57. The zero-order valence-electron chi connectivity index (χ0n) is 13.8. The molecule has 0 radical (unpaired) electrons. The normalized spacial score (nSPS) is 12.7. The van der Waals surface area contributed by atoms with Crippen LogP contribution in [0.4, 0.5) is 11.4 Å². The quantitative estimate of drug-likeness (QED) is 0.747. The van der Waals surface area contributed by atoms with Crippen LogP contribution in [0.1, 0.15) is 12.5 Å². The lowest BCUT2D eigenvalue weighted by Gasteiger charge is -2.15. The third kappa shape index (κ3) is 4.06. The van der Waals surface area contributed by atoms with Gasteiger partial charge in [0, 0.05) is 30.9 Å². The summed E-state index contributed by atoms with van der Waals surface area (Å²) in [6.45, 7) is 1.96. The van der Waals surface area contributed by atoms with E-state index in [-0.39, 0.29) is 29.2 Å². The summed E-state index contributed by atoms with van der Waals surface area (Å²) in [4.78, 5) is 25.4. The molecule has 26 heavy (non-hydrogen) atoms. The van der Waals surface area contributed by atoms with Crippen LogP contribution in [0.5, 0.6) is 5.75 Å². The van der Waals surface area contributed by atoms with E-state index in [1.54, 1.807) is 11.0 Å². The number of nitrogens with one attached hydrogen (secondary N) is 1.